The van der Waals surface area contributed by atoms with E-state index in [1.807, 2.05) is 0 Å². The Morgan fingerprint density at radius 2 is 1.70 bits per heavy atom. The second-order valence-corrected chi connectivity index (χ2v) is 9.64. The molecule has 2 aromatic carbocycles. The van der Waals surface area contributed by atoms with Crippen molar-refractivity contribution in [1.82, 2.24) is 9.21 Å². The minimum absolute atomic E-state index is 0.0900. The van der Waals surface area contributed by atoms with Crippen LogP contribution in [0.15, 0.2) is 41.3 Å². The molecular formula is C22H26F2N2O3S. The lowest BCUT2D eigenvalue weighted by Crippen LogP contribution is -2.36. The van der Waals surface area contributed by atoms with Crippen LogP contribution < -0.4 is 0 Å². The van der Waals surface area contributed by atoms with Gasteiger partial charge in [-0.1, -0.05) is 18.6 Å². The number of hydrogen-bond acceptors (Lipinski definition) is 3. The minimum atomic E-state index is -3.67. The van der Waals surface area contributed by atoms with Crippen molar-refractivity contribution in [2.75, 3.05) is 20.1 Å². The Labute approximate surface area is 176 Å². The molecule has 1 heterocycles. The van der Waals surface area contributed by atoms with Crippen LogP contribution in [0.1, 0.15) is 53.7 Å². The van der Waals surface area contributed by atoms with Crippen molar-refractivity contribution >= 4 is 15.9 Å². The van der Waals surface area contributed by atoms with Crippen LogP contribution in [-0.2, 0) is 10.0 Å². The molecule has 0 bridgehead atoms. The van der Waals surface area contributed by atoms with Crippen LogP contribution in [-0.4, -0.2) is 43.7 Å². The van der Waals surface area contributed by atoms with Gasteiger partial charge in [0.25, 0.3) is 5.91 Å². The zero-order chi connectivity index (χ0) is 22.1. The van der Waals surface area contributed by atoms with E-state index in [1.54, 1.807) is 27.0 Å². The highest BCUT2D eigenvalue weighted by molar-refractivity contribution is 7.89. The monoisotopic (exact) mass is 436 g/mol. The summed E-state index contributed by atoms with van der Waals surface area (Å²) in [5.41, 5.74) is 1.35. The fourth-order valence-electron chi connectivity index (χ4n) is 3.61. The predicted octanol–water partition coefficient (Wildman–Crippen LogP) is 4.28. The van der Waals surface area contributed by atoms with E-state index < -0.39 is 27.7 Å². The van der Waals surface area contributed by atoms with Gasteiger partial charge >= 0.3 is 0 Å². The number of aryl methyl sites for hydroxylation is 1. The fraction of sp³-hybridized carbons (Fsp3) is 0.409. The normalized spacial score (nSPS) is 16.3. The number of nitrogens with zero attached hydrogens (tertiary/aromatic N) is 2. The molecule has 1 atom stereocenters. The third-order valence-corrected chi connectivity index (χ3v) is 7.61. The SMILES string of the molecule is Cc1ccc(S(=O)(=O)N2CCCCC2)cc1C(=O)N(C)C(C)c1ccc(F)c(F)c1. The summed E-state index contributed by atoms with van der Waals surface area (Å²) in [5, 5.41) is 0. The van der Waals surface area contributed by atoms with Crippen molar-refractivity contribution in [1.29, 1.82) is 0 Å². The molecule has 0 radical (unpaired) electrons. The molecule has 0 saturated carbocycles. The van der Waals surface area contributed by atoms with E-state index in [9.17, 15) is 22.0 Å². The standard InChI is InChI=1S/C22H26F2N2O3S/c1-15-7-9-18(30(28,29)26-11-5-4-6-12-26)14-19(15)22(27)25(3)16(2)17-8-10-20(23)21(24)13-17/h7-10,13-14,16H,4-6,11-12H2,1-3H3. The first-order valence-electron chi connectivity index (χ1n) is 9.96. The van der Waals surface area contributed by atoms with Crippen LogP contribution in [0, 0.1) is 18.6 Å². The van der Waals surface area contributed by atoms with Gasteiger partial charge in [-0.3, -0.25) is 4.79 Å². The van der Waals surface area contributed by atoms with E-state index in [0.29, 0.717) is 24.2 Å². The van der Waals surface area contributed by atoms with Crippen molar-refractivity contribution < 1.29 is 22.0 Å². The fourth-order valence-corrected chi connectivity index (χ4v) is 5.15. The molecular weight excluding hydrogens is 410 g/mol. The number of halogens is 2. The van der Waals surface area contributed by atoms with Crippen LogP contribution >= 0.6 is 0 Å². The summed E-state index contributed by atoms with van der Waals surface area (Å²) >= 11 is 0. The first-order chi connectivity index (χ1) is 14.1. The Kier molecular flexibility index (Phi) is 6.57. The number of carbonyl (C=O) groups is 1. The molecule has 1 amide bonds. The topological polar surface area (TPSA) is 57.7 Å². The molecule has 0 aromatic heterocycles. The smallest absolute Gasteiger partial charge is 0.254 e. The highest BCUT2D eigenvalue weighted by Crippen LogP contribution is 2.26. The average molecular weight is 437 g/mol. The lowest BCUT2D eigenvalue weighted by molar-refractivity contribution is 0.0741. The average Bonchev–Trinajstić information content (AvgIpc) is 2.75. The van der Waals surface area contributed by atoms with Gasteiger partial charge in [-0.15, -0.1) is 0 Å². The second-order valence-electron chi connectivity index (χ2n) is 7.71. The lowest BCUT2D eigenvalue weighted by Gasteiger charge is -2.28. The van der Waals surface area contributed by atoms with E-state index >= 15 is 0 Å². The molecule has 1 fully saturated rings. The van der Waals surface area contributed by atoms with Gasteiger partial charge in [0.1, 0.15) is 0 Å². The zero-order valence-electron chi connectivity index (χ0n) is 17.4. The number of benzene rings is 2. The summed E-state index contributed by atoms with van der Waals surface area (Å²) < 4.78 is 54.3. The highest BCUT2D eigenvalue weighted by atomic mass is 32.2. The van der Waals surface area contributed by atoms with Gasteiger partial charge in [0, 0.05) is 25.7 Å². The number of hydrogen-bond donors (Lipinski definition) is 0. The van der Waals surface area contributed by atoms with Gasteiger partial charge in [0.15, 0.2) is 11.6 Å². The number of amides is 1. The quantitative estimate of drug-likeness (QED) is 0.703. The molecule has 1 aliphatic rings. The molecule has 162 valence electrons. The molecule has 0 N–H and O–H groups in total. The largest absolute Gasteiger partial charge is 0.335 e. The number of sulfonamides is 1. The van der Waals surface area contributed by atoms with Gasteiger partial charge in [0.05, 0.1) is 10.9 Å². The first-order valence-corrected chi connectivity index (χ1v) is 11.4. The molecule has 1 unspecified atom stereocenters. The lowest BCUT2D eigenvalue weighted by atomic mass is 10.0. The summed E-state index contributed by atoms with van der Waals surface area (Å²) in [5.74, 6) is -2.32. The zero-order valence-corrected chi connectivity index (χ0v) is 18.2. The molecule has 8 heteroatoms. The molecule has 1 aliphatic heterocycles. The molecule has 3 rings (SSSR count). The Morgan fingerprint density at radius 1 is 1.03 bits per heavy atom. The van der Waals surface area contributed by atoms with Crippen LogP contribution in [0.5, 0.6) is 0 Å². The second kappa shape index (κ2) is 8.81. The minimum Gasteiger partial charge on any atom is -0.335 e. The molecule has 0 aliphatic carbocycles. The summed E-state index contributed by atoms with van der Waals surface area (Å²) in [6.07, 6.45) is 2.66. The van der Waals surface area contributed by atoms with Crippen molar-refractivity contribution in [3.8, 4) is 0 Å². The van der Waals surface area contributed by atoms with E-state index in [0.717, 1.165) is 31.4 Å². The van der Waals surface area contributed by atoms with E-state index in [4.69, 9.17) is 0 Å². The molecule has 1 saturated heterocycles. The third kappa shape index (κ3) is 4.39. The maximum absolute atomic E-state index is 13.6. The Hall–Kier alpha value is -2.32. The van der Waals surface area contributed by atoms with Gasteiger partial charge in [-0.05, 0) is 62.1 Å². The van der Waals surface area contributed by atoms with Crippen LogP contribution in [0.3, 0.4) is 0 Å². The summed E-state index contributed by atoms with van der Waals surface area (Å²) in [6, 6.07) is 7.54. The first kappa shape index (κ1) is 22.4. The summed E-state index contributed by atoms with van der Waals surface area (Å²) in [6.45, 7) is 4.40. The molecule has 2 aromatic rings. The van der Waals surface area contributed by atoms with Crippen molar-refractivity contribution in [2.45, 2.75) is 44.0 Å². The van der Waals surface area contributed by atoms with Gasteiger partial charge in [-0.2, -0.15) is 4.31 Å². The van der Waals surface area contributed by atoms with Crippen LogP contribution in [0.2, 0.25) is 0 Å². The van der Waals surface area contributed by atoms with Gasteiger partial charge < -0.3 is 4.90 Å². The summed E-state index contributed by atoms with van der Waals surface area (Å²) in [4.78, 5) is 14.6. The van der Waals surface area contributed by atoms with Crippen molar-refractivity contribution in [2.24, 2.45) is 0 Å². The predicted molar refractivity (Wildman–Crippen MR) is 111 cm³/mol. The Morgan fingerprint density at radius 3 is 2.33 bits per heavy atom. The summed E-state index contributed by atoms with van der Waals surface area (Å²) in [7, 11) is -2.12. The third-order valence-electron chi connectivity index (χ3n) is 5.72. The number of rotatable bonds is 5. The van der Waals surface area contributed by atoms with Crippen LogP contribution in [0.25, 0.3) is 0 Å². The van der Waals surface area contributed by atoms with Crippen molar-refractivity contribution in [3.63, 3.8) is 0 Å². The van der Waals surface area contributed by atoms with E-state index in [1.165, 1.54) is 27.4 Å². The maximum atomic E-state index is 13.6. The maximum Gasteiger partial charge on any atom is 0.254 e. The highest BCUT2D eigenvalue weighted by Gasteiger charge is 2.28. The van der Waals surface area contributed by atoms with Gasteiger partial charge in [-0.25, -0.2) is 17.2 Å². The van der Waals surface area contributed by atoms with Crippen LogP contribution in [0.4, 0.5) is 8.78 Å². The Bertz CT molecular complexity index is 1050. The van der Waals surface area contributed by atoms with Crippen molar-refractivity contribution in [3.05, 3.63) is 64.7 Å². The number of piperidine rings is 1. The molecule has 5 nitrogen and oxygen atoms in total. The van der Waals surface area contributed by atoms with Gasteiger partial charge in [0.2, 0.25) is 10.0 Å². The Balaban J connectivity index is 1.89. The van der Waals surface area contributed by atoms with E-state index in [2.05, 4.69) is 0 Å². The molecule has 30 heavy (non-hydrogen) atoms. The molecule has 0 spiro atoms. The van der Waals surface area contributed by atoms with E-state index in [-0.39, 0.29) is 16.4 Å². The number of carbonyl (C=O) groups excluding carboxylic acids is 1.